The highest BCUT2D eigenvalue weighted by Crippen LogP contribution is 2.44. The predicted octanol–water partition coefficient (Wildman–Crippen LogP) is 3.42. The van der Waals surface area contributed by atoms with Gasteiger partial charge in [-0.15, -0.1) is 10.2 Å². The molecule has 0 bridgehead atoms. The van der Waals surface area contributed by atoms with E-state index in [1.165, 1.54) is 30.5 Å². The first-order valence-corrected chi connectivity index (χ1v) is 7.11. The first kappa shape index (κ1) is 11.7. The molecule has 20 heavy (non-hydrogen) atoms. The molecule has 1 heterocycles. The van der Waals surface area contributed by atoms with Gasteiger partial charge in [-0.2, -0.15) is 0 Å². The second kappa shape index (κ2) is 4.47. The summed E-state index contributed by atoms with van der Waals surface area (Å²) in [6.07, 6.45) is 8.59. The van der Waals surface area contributed by atoms with E-state index in [0.717, 1.165) is 17.4 Å². The van der Waals surface area contributed by atoms with E-state index >= 15 is 0 Å². The van der Waals surface area contributed by atoms with Crippen molar-refractivity contribution in [3.05, 3.63) is 42.3 Å². The molecule has 2 aromatic rings. The van der Waals surface area contributed by atoms with Crippen LogP contribution in [-0.4, -0.2) is 16.2 Å². The molecule has 1 aromatic carbocycles. The number of hydrogen-bond acceptors (Lipinski definition) is 4. The summed E-state index contributed by atoms with van der Waals surface area (Å²) in [5.74, 6) is 2.18. The number of allylic oxidation sites excluding steroid dienone is 1. The van der Waals surface area contributed by atoms with Crippen molar-refractivity contribution in [2.24, 2.45) is 11.8 Å². The Kier molecular flexibility index (Phi) is 2.62. The van der Waals surface area contributed by atoms with Gasteiger partial charge in [-0.1, -0.05) is 12.2 Å². The van der Waals surface area contributed by atoms with Crippen LogP contribution in [0, 0.1) is 18.8 Å². The van der Waals surface area contributed by atoms with E-state index in [1.807, 2.05) is 6.07 Å². The third-order valence-corrected chi connectivity index (χ3v) is 4.54. The van der Waals surface area contributed by atoms with Gasteiger partial charge in [-0.3, -0.25) is 0 Å². The van der Waals surface area contributed by atoms with Crippen molar-refractivity contribution in [3.8, 4) is 11.5 Å². The molecule has 1 fully saturated rings. The van der Waals surface area contributed by atoms with E-state index in [9.17, 15) is 0 Å². The Morgan fingerprint density at radius 3 is 3.05 bits per heavy atom. The minimum absolute atomic E-state index is 0.571. The van der Waals surface area contributed by atoms with Crippen molar-refractivity contribution in [3.63, 3.8) is 0 Å². The molecule has 2 aliphatic carbocycles. The normalized spacial score (nSPS) is 27.1. The first-order chi connectivity index (χ1) is 9.81. The molecule has 1 aromatic heterocycles. The number of hydrogen-bond donors (Lipinski definition) is 1. The van der Waals surface area contributed by atoms with Gasteiger partial charge in [0.25, 0.3) is 0 Å². The average molecular weight is 267 g/mol. The van der Waals surface area contributed by atoms with Gasteiger partial charge >= 0.3 is 0 Å². The van der Waals surface area contributed by atoms with Crippen LogP contribution in [0.1, 0.15) is 18.4 Å². The molecule has 4 rings (SSSR count). The van der Waals surface area contributed by atoms with Gasteiger partial charge in [-0.05, 0) is 49.4 Å². The lowest BCUT2D eigenvalue weighted by Gasteiger charge is -2.41. The van der Waals surface area contributed by atoms with Crippen LogP contribution in [0.2, 0.25) is 0 Å². The standard InChI is InChI=1S/C16H17N3O/c1-10-7-12(16-19-17-9-20-16)5-6-14(10)18-15-8-11-3-2-4-13(11)15/h2,4-7,9,11,13,15,18H,3,8H2,1H3. The summed E-state index contributed by atoms with van der Waals surface area (Å²) in [5, 5.41) is 11.3. The van der Waals surface area contributed by atoms with E-state index in [2.05, 4.69) is 46.7 Å². The second-order valence-corrected chi connectivity index (χ2v) is 5.76. The van der Waals surface area contributed by atoms with Gasteiger partial charge in [-0.25, -0.2) is 0 Å². The molecule has 0 saturated heterocycles. The molecule has 102 valence electrons. The van der Waals surface area contributed by atoms with Crippen LogP contribution in [0.15, 0.2) is 41.2 Å². The highest BCUT2D eigenvalue weighted by molar-refractivity contribution is 5.62. The highest BCUT2D eigenvalue weighted by Gasteiger charge is 2.40. The third-order valence-electron chi connectivity index (χ3n) is 4.54. The number of rotatable bonds is 3. The van der Waals surface area contributed by atoms with Gasteiger partial charge in [0.2, 0.25) is 12.3 Å². The fraction of sp³-hybridized carbons (Fsp3) is 0.375. The Labute approximate surface area is 117 Å². The number of fused-ring (bicyclic) bond motifs is 1. The quantitative estimate of drug-likeness (QED) is 0.866. The van der Waals surface area contributed by atoms with E-state index in [0.29, 0.717) is 11.9 Å². The number of aromatic nitrogens is 2. The highest BCUT2D eigenvalue weighted by atomic mass is 16.4. The Balaban J connectivity index is 1.53. The van der Waals surface area contributed by atoms with Gasteiger partial charge in [0.15, 0.2) is 0 Å². The number of aryl methyl sites for hydroxylation is 1. The van der Waals surface area contributed by atoms with Crippen LogP contribution < -0.4 is 5.32 Å². The maximum atomic E-state index is 5.23. The van der Waals surface area contributed by atoms with Crippen molar-refractivity contribution >= 4 is 5.69 Å². The summed E-state index contributed by atoms with van der Waals surface area (Å²) in [5.41, 5.74) is 3.39. The number of anilines is 1. The molecule has 3 atom stereocenters. The van der Waals surface area contributed by atoms with Crippen LogP contribution in [0.3, 0.4) is 0 Å². The van der Waals surface area contributed by atoms with Crippen LogP contribution in [0.5, 0.6) is 0 Å². The Morgan fingerprint density at radius 2 is 2.30 bits per heavy atom. The molecule has 1 saturated carbocycles. The molecule has 3 unspecified atom stereocenters. The summed E-state index contributed by atoms with van der Waals surface area (Å²) in [6, 6.07) is 6.83. The lowest BCUT2D eigenvalue weighted by Crippen LogP contribution is -2.43. The summed E-state index contributed by atoms with van der Waals surface area (Å²) < 4.78 is 5.23. The monoisotopic (exact) mass is 267 g/mol. The molecule has 4 nitrogen and oxygen atoms in total. The topological polar surface area (TPSA) is 51.0 Å². The fourth-order valence-corrected chi connectivity index (χ4v) is 3.34. The van der Waals surface area contributed by atoms with Crippen LogP contribution in [-0.2, 0) is 0 Å². The van der Waals surface area contributed by atoms with Crippen molar-refractivity contribution in [2.45, 2.75) is 25.8 Å². The Hall–Kier alpha value is -2.10. The Morgan fingerprint density at radius 1 is 1.35 bits per heavy atom. The zero-order chi connectivity index (χ0) is 13.5. The maximum absolute atomic E-state index is 5.23. The third kappa shape index (κ3) is 1.83. The average Bonchev–Trinajstić information content (AvgIpc) is 3.07. The summed E-state index contributed by atoms with van der Waals surface area (Å²) >= 11 is 0. The SMILES string of the molecule is Cc1cc(-c2nnco2)ccc1NC1CC2CC=CC21. The smallest absolute Gasteiger partial charge is 0.247 e. The lowest BCUT2D eigenvalue weighted by molar-refractivity contribution is 0.218. The second-order valence-electron chi connectivity index (χ2n) is 5.76. The number of benzene rings is 1. The molecule has 0 spiro atoms. The van der Waals surface area contributed by atoms with Gasteiger partial charge < -0.3 is 9.73 Å². The van der Waals surface area contributed by atoms with E-state index in [4.69, 9.17) is 4.42 Å². The summed E-state index contributed by atoms with van der Waals surface area (Å²) in [6.45, 7) is 2.11. The summed E-state index contributed by atoms with van der Waals surface area (Å²) in [7, 11) is 0. The minimum atomic E-state index is 0.571. The van der Waals surface area contributed by atoms with Crippen molar-refractivity contribution in [2.75, 3.05) is 5.32 Å². The molecular weight excluding hydrogens is 250 g/mol. The maximum Gasteiger partial charge on any atom is 0.247 e. The molecule has 0 amide bonds. The van der Waals surface area contributed by atoms with Crippen molar-refractivity contribution in [1.29, 1.82) is 0 Å². The van der Waals surface area contributed by atoms with Crippen LogP contribution in [0.25, 0.3) is 11.5 Å². The number of nitrogens with one attached hydrogen (secondary N) is 1. The van der Waals surface area contributed by atoms with Gasteiger partial charge in [0, 0.05) is 23.2 Å². The van der Waals surface area contributed by atoms with Gasteiger partial charge in [0.05, 0.1) is 0 Å². The molecule has 2 aliphatic rings. The minimum Gasteiger partial charge on any atom is -0.423 e. The van der Waals surface area contributed by atoms with E-state index in [1.54, 1.807) is 0 Å². The van der Waals surface area contributed by atoms with Crippen molar-refractivity contribution in [1.82, 2.24) is 10.2 Å². The molecule has 4 heteroatoms. The molecule has 1 N–H and O–H groups in total. The zero-order valence-electron chi connectivity index (χ0n) is 11.4. The van der Waals surface area contributed by atoms with E-state index in [-0.39, 0.29) is 0 Å². The molecule has 0 radical (unpaired) electrons. The van der Waals surface area contributed by atoms with E-state index < -0.39 is 0 Å². The molecular formula is C16H17N3O. The lowest BCUT2D eigenvalue weighted by atomic mass is 9.71. The predicted molar refractivity (Wildman–Crippen MR) is 77.2 cm³/mol. The van der Waals surface area contributed by atoms with Crippen LogP contribution >= 0.6 is 0 Å². The van der Waals surface area contributed by atoms with Gasteiger partial charge in [0.1, 0.15) is 0 Å². The Bertz CT molecular complexity index is 648. The number of nitrogens with zero attached hydrogens (tertiary/aromatic N) is 2. The van der Waals surface area contributed by atoms with Crippen molar-refractivity contribution < 1.29 is 4.42 Å². The summed E-state index contributed by atoms with van der Waals surface area (Å²) in [4.78, 5) is 0. The zero-order valence-corrected chi connectivity index (χ0v) is 11.4. The first-order valence-electron chi connectivity index (χ1n) is 7.11. The fourth-order valence-electron chi connectivity index (χ4n) is 3.34. The molecule has 0 aliphatic heterocycles. The largest absolute Gasteiger partial charge is 0.423 e. The van der Waals surface area contributed by atoms with Crippen LogP contribution in [0.4, 0.5) is 5.69 Å².